The highest BCUT2D eigenvalue weighted by atomic mass is 32.2. The Kier molecular flexibility index (Phi) is 5.81. The lowest BCUT2D eigenvalue weighted by atomic mass is 10.2. The molecule has 30 heavy (non-hydrogen) atoms. The number of nitrogens with one attached hydrogen (secondary N) is 1. The molecule has 1 N–H and O–H groups in total. The van der Waals surface area contributed by atoms with Crippen molar-refractivity contribution in [3.8, 4) is 11.5 Å². The van der Waals surface area contributed by atoms with Gasteiger partial charge in [-0.2, -0.15) is 4.31 Å². The Morgan fingerprint density at radius 1 is 1.20 bits per heavy atom. The van der Waals surface area contributed by atoms with Gasteiger partial charge in [0.05, 0.1) is 23.2 Å². The van der Waals surface area contributed by atoms with Crippen molar-refractivity contribution in [2.45, 2.75) is 30.3 Å². The predicted molar refractivity (Wildman–Crippen MR) is 112 cm³/mol. The van der Waals surface area contributed by atoms with Gasteiger partial charge in [0, 0.05) is 26.2 Å². The van der Waals surface area contributed by atoms with E-state index < -0.39 is 10.0 Å². The summed E-state index contributed by atoms with van der Waals surface area (Å²) in [6.45, 7) is 2.00. The lowest BCUT2D eigenvalue weighted by molar-refractivity contribution is 0.171. The summed E-state index contributed by atoms with van der Waals surface area (Å²) in [6.07, 6.45) is 2.09. The molecule has 0 bridgehead atoms. The van der Waals surface area contributed by atoms with Crippen LogP contribution in [0.3, 0.4) is 0 Å². The van der Waals surface area contributed by atoms with Crippen molar-refractivity contribution in [3.05, 3.63) is 35.8 Å². The van der Waals surface area contributed by atoms with E-state index in [9.17, 15) is 8.42 Å². The first-order valence-corrected chi connectivity index (χ1v) is 11.4. The number of hydrogen-bond donors (Lipinski definition) is 1. The summed E-state index contributed by atoms with van der Waals surface area (Å²) < 4.78 is 38.6. The summed E-state index contributed by atoms with van der Waals surface area (Å²) in [5, 5.41) is 3.06. The molecule has 0 saturated carbocycles. The molecule has 2 aliphatic rings. The summed E-state index contributed by atoms with van der Waals surface area (Å²) in [4.78, 5) is 11.7. The molecule has 2 aromatic rings. The largest absolute Gasteiger partial charge is 0.486 e. The zero-order valence-corrected chi connectivity index (χ0v) is 18.3. The minimum Gasteiger partial charge on any atom is -0.486 e. The van der Waals surface area contributed by atoms with Crippen molar-refractivity contribution in [2.75, 3.05) is 46.2 Å². The van der Waals surface area contributed by atoms with Crippen molar-refractivity contribution >= 4 is 15.8 Å². The number of benzene rings is 1. The van der Waals surface area contributed by atoms with Crippen LogP contribution in [0.1, 0.15) is 30.4 Å². The number of fused-ring (bicyclic) bond motifs is 1. The Morgan fingerprint density at radius 3 is 2.67 bits per heavy atom. The van der Waals surface area contributed by atoms with Crippen LogP contribution in [-0.4, -0.2) is 68.5 Å². The fourth-order valence-corrected chi connectivity index (χ4v) is 4.95. The first kappa shape index (κ1) is 20.8. The molecule has 10 heteroatoms. The number of nitrogens with zero attached hydrogens (tertiary/aromatic N) is 4. The molecule has 9 nitrogen and oxygen atoms in total. The van der Waals surface area contributed by atoms with E-state index in [0.29, 0.717) is 36.2 Å². The maximum Gasteiger partial charge on any atom is 0.243 e. The maximum atomic E-state index is 13.1. The van der Waals surface area contributed by atoms with E-state index in [1.807, 2.05) is 0 Å². The van der Waals surface area contributed by atoms with Crippen LogP contribution >= 0.6 is 0 Å². The molecule has 1 fully saturated rings. The van der Waals surface area contributed by atoms with Crippen LogP contribution in [0, 0.1) is 0 Å². The number of ether oxygens (including phenoxy) is 2. The Morgan fingerprint density at radius 2 is 1.97 bits per heavy atom. The van der Waals surface area contributed by atoms with Gasteiger partial charge < -0.3 is 14.8 Å². The number of anilines is 1. The highest BCUT2D eigenvalue weighted by molar-refractivity contribution is 7.89. The monoisotopic (exact) mass is 433 g/mol. The molecule has 3 heterocycles. The number of likely N-dealkylation sites (tertiary alicyclic amines) is 1. The van der Waals surface area contributed by atoms with Crippen molar-refractivity contribution in [2.24, 2.45) is 0 Å². The van der Waals surface area contributed by atoms with Gasteiger partial charge in [0.25, 0.3) is 0 Å². The predicted octanol–water partition coefficient (Wildman–Crippen LogP) is 1.88. The molecule has 1 aromatic heterocycles. The van der Waals surface area contributed by atoms with Crippen LogP contribution in [0.2, 0.25) is 0 Å². The molecule has 0 aliphatic carbocycles. The third-order valence-electron chi connectivity index (χ3n) is 5.48. The molecule has 0 radical (unpaired) electrons. The van der Waals surface area contributed by atoms with Crippen LogP contribution in [-0.2, 0) is 16.6 Å². The van der Waals surface area contributed by atoms with E-state index in [-0.39, 0.29) is 17.5 Å². The molecule has 0 unspecified atom stereocenters. The fraction of sp³-hybridized carbons (Fsp3) is 0.500. The van der Waals surface area contributed by atoms with Crippen LogP contribution < -0.4 is 14.8 Å². The molecule has 1 saturated heterocycles. The van der Waals surface area contributed by atoms with Crippen molar-refractivity contribution < 1.29 is 17.9 Å². The van der Waals surface area contributed by atoms with Gasteiger partial charge >= 0.3 is 0 Å². The average Bonchev–Trinajstić information content (AvgIpc) is 3.19. The summed E-state index contributed by atoms with van der Waals surface area (Å²) in [5.74, 6) is 2.41. The topological polar surface area (TPSA) is 96.9 Å². The second kappa shape index (κ2) is 8.37. The second-order valence-corrected chi connectivity index (χ2v) is 9.60. The molecule has 4 rings (SSSR count). The second-order valence-electron chi connectivity index (χ2n) is 7.56. The quantitative estimate of drug-likeness (QED) is 0.738. The minimum atomic E-state index is -3.73. The lowest BCUT2D eigenvalue weighted by Crippen LogP contribution is -2.28. The lowest BCUT2D eigenvalue weighted by Gasteiger charge is -2.22. The smallest absolute Gasteiger partial charge is 0.243 e. The first-order chi connectivity index (χ1) is 14.4. The standard InChI is InChI=1S/C20H27N5O4S/c1-21-19-11-14(22-20(23-19)16-5-4-8-24(16)2)13-25(3)30(26,27)15-6-7-17-18(12-15)29-10-9-28-17/h6-7,11-12,16H,4-5,8-10,13H2,1-3H3,(H,21,22,23)/t16-/m1/s1. The number of sulfonamides is 1. The van der Waals surface area contributed by atoms with Crippen LogP contribution in [0.5, 0.6) is 11.5 Å². The minimum absolute atomic E-state index is 0.136. The van der Waals surface area contributed by atoms with Crippen LogP contribution in [0.25, 0.3) is 0 Å². The van der Waals surface area contributed by atoms with E-state index in [2.05, 4.69) is 27.2 Å². The Bertz CT molecular complexity index is 1030. The summed E-state index contributed by atoms with van der Waals surface area (Å²) in [5.41, 5.74) is 0.647. The number of aromatic nitrogens is 2. The van der Waals surface area contributed by atoms with Gasteiger partial charge in [0.2, 0.25) is 10.0 Å². The third-order valence-corrected chi connectivity index (χ3v) is 7.28. The molecule has 162 valence electrons. The van der Waals surface area contributed by atoms with Gasteiger partial charge in [-0.15, -0.1) is 0 Å². The van der Waals surface area contributed by atoms with Crippen LogP contribution in [0.15, 0.2) is 29.2 Å². The Balaban J connectivity index is 1.59. The summed E-state index contributed by atoms with van der Waals surface area (Å²) in [6, 6.07) is 6.62. The fourth-order valence-electron chi connectivity index (χ4n) is 3.79. The Labute approximate surface area is 177 Å². The number of rotatable bonds is 6. The molecular weight excluding hydrogens is 406 g/mol. The maximum absolute atomic E-state index is 13.1. The van der Waals surface area contributed by atoms with Gasteiger partial charge in [-0.3, -0.25) is 4.90 Å². The molecular formula is C20H27N5O4S. The normalized spacial score (nSPS) is 19.3. The van der Waals surface area contributed by atoms with E-state index in [1.165, 1.54) is 16.4 Å². The summed E-state index contributed by atoms with van der Waals surface area (Å²) in [7, 11) is 1.68. The van der Waals surface area contributed by atoms with Gasteiger partial charge in [-0.1, -0.05) is 0 Å². The van der Waals surface area contributed by atoms with Gasteiger partial charge in [0.15, 0.2) is 11.5 Å². The number of hydrogen-bond acceptors (Lipinski definition) is 8. The Hall–Kier alpha value is -2.43. The van der Waals surface area contributed by atoms with Gasteiger partial charge in [0.1, 0.15) is 24.9 Å². The zero-order chi connectivity index (χ0) is 21.3. The van der Waals surface area contributed by atoms with Crippen molar-refractivity contribution in [1.82, 2.24) is 19.2 Å². The van der Waals surface area contributed by atoms with E-state index in [4.69, 9.17) is 9.47 Å². The van der Waals surface area contributed by atoms with E-state index >= 15 is 0 Å². The molecule has 1 atom stereocenters. The van der Waals surface area contributed by atoms with E-state index in [0.717, 1.165) is 25.2 Å². The highest BCUT2D eigenvalue weighted by Crippen LogP contribution is 2.33. The van der Waals surface area contributed by atoms with E-state index in [1.54, 1.807) is 26.2 Å². The van der Waals surface area contributed by atoms with Crippen LogP contribution in [0.4, 0.5) is 5.82 Å². The third kappa shape index (κ3) is 4.07. The molecule has 2 aliphatic heterocycles. The molecule has 0 amide bonds. The molecule has 0 spiro atoms. The SMILES string of the molecule is CNc1cc(CN(C)S(=O)(=O)c2ccc3c(c2)OCCO3)nc([C@H]2CCCN2C)n1. The van der Waals surface area contributed by atoms with Crippen molar-refractivity contribution in [1.29, 1.82) is 0 Å². The first-order valence-electron chi connectivity index (χ1n) is 10.0. The summed E-state index contributed by atoms with van der Waals surface area (Å²) >= 11 is 0. The molecule has 1 aromatic carbocycles. The van der Waals surface area contributed by atoms with Gasteiger partial charge in [-0.05, 0) is 38.6 Å². The average molecular weight is 434 g/mol. The zero-order valence-electron chi connectivity index (χ0n) is 17.5. The van der Waals surface area contributed by atoms with Crippen molar-refractivity contribution in [3.63, 3.8) is 0 Å². The highest BCUT2D eigenvalue weighted by Gasteiger charge is 2.28. The van der Waals surface area contributed by atoms with Gasteiger partial charge in [-0.25, -0.2) is 18.4 Å².